The van der Waals surface area contributed by atoms with Crippen molar-refractivity contribution in [3.05, 3.63) is 77.7 Å². The Morgan fingerprint density at radius 1 is 0.882 bits per heavy atom. The van der Waals surface area contributed by atoms with Gasteiger partial charge in [-0.3, -0.25) is 4.79 Å². The molecule has 1 unspecified atom stereocenters. The smallest absolute Gasteiger partial charge is 0.162 e. The van der Waals surface area contributed by atoms with E-state index in [1.54, 1.807) is 0 Å². The summed E-state index contributed by atoms with van der Waals surface area (Å²) in [7, 11) is 0. The van der Waals surface area contributed by atoms with Gasteiger partial charge in [0.2, 0.25) is 0 Å². The number of aliphatic hydroxyl groups excluding tert-OH is 1. The predicted octanol–water partition coefficient (Wildman–Crippen LogP) is 7.71. The molecule has 0 spiro atoms. The Balaban J connectivity index is 0.000000180. The van der Waals surface area contributed by atoms with Gasteiger partial charge in [-0.05, 0) is 67.0 Å². The van der Waals surface area contributed by atoms with E-state index in [0.29, 0.717) is 18.1 Å². The summed E-state index contributed by atoms with van der Waals surface area (Å²) in [4.78, 5) is 16.1. The molecule has 3 aromatic rings. The minimum Gasteiger partial charge on any atom is -0.512 e. The maximum atomic E-state index is 11.4. The molecule has 2 aromatic carbocycles. The van der Waals surface area contributed by atoms with Gasteiger partial charge in [-0.25, -0.2) is 0 Å². The third-order valence-corrected chi connectivity index (χ3v) is 7.52. The van der Waals surface area contributed by atoms with Crippen molar-refractivity contribution in [2.45, 2.75) is 70.1 Å². The molecule has 1 N–H and O–H groups in total. The number of fused-ring (bicyclic) bond motifs is 2. The second-order valence-electron chi connectivity index (χ2n) is 9.66. The van der Waals surface area contributed by atoms with E-state index in [-0.39, 0.29) is 25.9 Å². The maximum absolute atomic E-state index is 11.4. The summed E-state index contributed by atoms with van der Waals surface area (Å²) in [5, 5.41) is 12.1. The van der Waals surface area contributed by atoms with Crippen LogP contribution in [0.5, 0.6) is 0 Å². The number of carbonyl (C=O) groups is 1. The van der Waals surface area contributed by atoms with Gasteiger partial charge in [0.1, 0.15) is 0 Å². The SMILES string of the molecule is O=C1CCCC2CCCC(O)=C12.[Ir].[c-]1ccccc1-c1cc2cccc(C3CCCC3)c2cn1. The molecule has 4 heteroatoms. The van der Waals surface area contributed by atoms with Gasteiger partial charge < -0.3 is 10.1 Å². The van der Waals surface area contributed by atoms with Crippen LogP contribution in [0.4, 0.5) is 0 Å². The normalized spacial score (nSPS) is 20.4. The van der Waals surface area contributed by atoms with Gasteiger partial charge in [0, 0.05) is 50.1 Å². The molecule has 2 fully saturated rings. The van der Waals surface area contributed by atoms with E-state index >= 15 is 0 Å². The summed E-state index contributed by atoms with van der Waals surface area (Å²) in [5.74, 6) is 1.70. The molecule has 1 radical (unpaired) electrons. The number of aliphatic hydroxyl groups is 1. The first-order valence-electron chi connectivity index (χ1n) is 12.5. The van der Waals surface area contributed by atoms with Gasteiger partial charge in [-0.1, -0.05) is 37.1 Å². The number of carbonyl (C=O) groups excluding carboxylic acids is 1. The molecule has 1 aromatic heterocycles. The molecule has 0 saturated heterocycles. The zero-order chi connectivity index (χ0) is 22.6. The van der Waals surface area contributed by atoms with Crippen molar-refractivity contribution in [3.8, 4) is 11.3 Å². The Hall–Kier alpha value is -2.29. The van der Waals surface area contributed by atoms with Gasteiger partial charge in [-0.2, -0.15) is 0 Å². The van der Waals surface area contributed by atoms with E-state index in [2.05, 4.69) is 47.6 Å². The average molecular weight is 631 g/mol. The molecule has 3 aliphatic rings. The summed E-state index contributed by atoms with van der Waals surface area (Å²) in [6.07, 6.45) is 13.1. The summed E-state index contributed by atoms with van der Waals surface area (Å²) in [5.41, 5.74) is 4.32. The number of benzene rings is 2. The predicted molar refractivity (Wildman–Crippen MR) is 133 cm³/mol. The first-order valence-corrected chi connectivity index (χ1v) is 12.5. The van der Waals surface area contributed by atoms with Crippen LogP contribution in [0.15, 0.2) is 66.1 Å². The molecular formula is C30H32IrNO2-. The number of rotatable bonds is 2. The number of allylic oxidation sites excluding steroid dienone is 2. The number of ketones is 1. The van der Waals surface area contributed by atoms with Crippen molar-refractivity contribution < 1.29 is 30.0 Å². The van der Waals surface area contributed by atoms with Crippen LogP contribution in [0.2, 0.25) is 0 Å². The Bertz CT molecular complexity index is 1160. The zero-order valence-electron chi connectivity index (χ0n) is 19.6. The Morgan fingerprint density at radius 2 is 1.65 bits per heavy atom. The number of Topliss-reactive ketones (excluding diaryl/α,β-unsaturated/α-hetero) is 1. The number of pyridine rings is 1. The molecule has 3 aliphatic carbocycles. The topological polar surface area (TPSA) is 50.2 Å². The van der Waals surface area contributed by atoms with Crippen LogP contribution in [-0.4, -0.2) is 15.9 Å². The van der Waals surface area contributed by atoms with Crippen molar-refractivity contribution in [2.75, 3.05) is 0 Å². The summed E-state index contributed by atoms with van der Waals surface area (Å²) in [6, 6.07) is 20.2. The first kappa shape index (κ1) is 24.8. The standard InChI is InChI=1S/C20H18N.C10H14O2.Ir/c1-2-9-16(10-3-1)20-13-17-11-6-12-18(19(17)14-21-20)15-7-4-5-8-15;11-8-5-1-3-7-4-2-6-9(12)10(7)8;/h1-3,6,9,11-15H,4-5,7-8H2;7,11H,1-6H2;/q-1;;. The second-order valence-corrected chi connectivity index (χ2v) is 9.66. The van der Waals surface area contributed by atoms with Crippen molar-refractivity contribution in [1.29, 1.82) is 0 Å². The molecule has 179 valence electrons. The van der Waals surface area contributed by atoms with E-state index in [1.807, 2.05) is 18.2 Å². The van der Waals surface area contributed by atoms with Crippen LogP contribution in [0.3, 0.4) is 0 Å². The van der Waals surface area contributed by atoms with Crippen LogP contribution < -0.4 is 0 Å². The third-order valence-electron chi connectivity index (χ3n) is 7.52. The fourth-order valence-electron chi connectivity index (χ4n) is 5.84. The van der Waals surface area contributed by atoms with Crippen molar-refractivity contribution in [3.63, 3.8) is 0 Å². The number of nitrogens with zero attached hydrogens (tertiary/aromatic N) is 1. The summed E-state index contributed by atoms with van der Waals surface area (Å²) in [6.45, 7) is 0. The minimum absolute atomic E-state index is 0. The van der Waals surface area contributed by atoms with E-state index in [1.165, 1.54) is 42.0 Å². The van der Waals surface area contributed by atoms with Gasteiger partial charge in [0.15, 0.2) is 5.78 Å². The van der Waals surface area contributed by atoms with Crippen LogP contribution >= 0.6 is 0 Å². The van der Waals surface area contributed by atoms with Gasteiger partial charge >= 0.3 is 0 Å². The van der Waals surface area contributed by atoms with Gasteiger partial charge in [0.05, 0.1) is 5.76 Å². The first-order chi connectivity index (χ1) is 16.2. The Labute approximate surface area is 216 Å². The second kappa shape index (κ2) is 11.4. The summed E-state index contributed by atoms with van der Waals surface area (Å²) >= 11 is 0. The van der Waals surface area contributed by atoms with Gasteiger partial charge in [-0.15, -0.1) is 35.9 Å². The maximum Gasteiger partial charge on any atom is 0.162 e. The Kier molecular flexibility index (Phi) is 8.34. The molecule has 6 rings (SSSR count). The molecule has 3 nitrogen and oxygen atoms in total. The molecule has 0 amide bonds. The molecule has 1 atom stereocenters. The molecule has 0 aliphatic heterocycles. The number of aromatic nitrogens is 1. The van der Waals surface area contributed by atoms with Crippen molar-refractivity contribution >= 4 is 16.6 Å². The van der Waals surface area contributed by atoms with E-state index in [4.69, 9.17) is 0 Å². The van der Waals surface area contributed by atoms with Gasteiger partial charge in [0.25, 0.3) is 0 Å². The van der Waals surface area contributed by atoms with Crippen molar-refractivity contribution in [2.24, 2.45) is 5.92 Å². The monoisotopic (exact) mass is 631 g/mol. The molecule has 1 heterocycles. The molecule has 0 bridgehead atoms. The molecular weight excluding hydrogens is 599 g/mol. The average Bonchev–Trinajstić information content (AvgIpc) is 3.39. The van der Waals surface area contributed by atoms with E-state index in [0.717, 1.165) is 54.9 Å². The number of hydrogen-bond acceptors (Lipinski definition) is 3. The molecule has 2 saturated carbocycles. The fraction of sp³-hybridized carbons (Fsp3) is 0.400. The summed E-state index contributed by atoms with van der Waals surface area (Å²) < 4.78 is 0. The molecule has 34 heavy (non-hydrogen) atoms. The zero-order valence-corrected chi connectivity index (χ0v) is 22.0. The van der Waals surface area contributed by atoms with E-state index in [9.17, 15) is 9.90 Å². The largest absolute Gasteiger partial charge is 0.512 e. The quantitative estimate of drug-likeness (QED) is 0.295. The Morgan fingerprint density at radius 3 is 2.38 bits per heavy atom. The van der Waals surface area contributed by atoms with Crippen LogP contribution in [0.1, 0.15) is 75.7 Å². The van der Waals surface area contributed by atoms with Crippen LogP contribution in [0.25, 0.3) is 22.0 Å². The fourth-order valence-corrected chi connectivity index (χ4v) is 5.84. The minimum atomic E-state index is 0. The van der Waals surface area contributed by atoms with Crippen LogP contribution in [-0.2, 0) is 24.9 Å². The van der Waals surface area contributed by atoms with E-state index < -0.39 is 0 Å². The van der Waals surface area contributed by atoms with Crippen LogP contribution in [0, 0.1) is 12.0 Å². The third kappa shape index (κ3) is 5.34. The number of hydrogen-bond donors (Lipinski definition) is 1. The van der Waals surface area contributed by atoms with Crippen molar-refractivity contribution in [1.82, 2.24) is 4.98 Å².